The number of aromatic nitrogens is 1. The number of hydrogen-bond donors (Lipinski definition) is 0. The Balaban J connectivity index is 2.50. The first-order chi connectivity index (χ1) is 9.81. The molecule has 1 aromatic heterocycles. The molecule has 0 aliphatic rings. The van der Waals surface area contributed by atoms with E-state index in [4.69, 9.17) is 0 Å². The third kappa shape index (κ3) is 3.70. The van der Waals surface area contributed by atoms with Crippen LogP contribution in [0.15, 0.2) is 35.5 Å². The van der Waals surface area contributed by atoms with Crippen molar-refractivity contribution in [2.45, 2.75) is 41.0 Å². The molecule has 21 heavy (non-hydrogen) atoms. The molecule has 4 heteroatoms. The van der Waals surface area contributed by atoms with E-state index < -0.39 is 5.41 Å². The number of aryl methyl sites for hydroxylation is 2. The molecule has 0 radical (unpaired) electrons. The monoisotopic (exact) mass is 302 g/mol. The first-order valence-corrected chi connectivity index (χ1v) is 8.00. The number of amides is 1. The van der Waals surface area contributed by atoms with E-state index in [0.29, 0.717) is 0 Å². The molecule has 1 heterocycles. The van der Waals surface area contributed by atoms with E-state index in [9.17, 15) is 4.79 Å². The van der Waals surface area contributed by atoms with Crippen LogP contribution in [0.5, 0.6) is 0 Å². The molecule has 0 aliphatic heterocycles. The van der Waals surface area contributed by atoms with Crippen LogP contribution < -0.4 is 4.80 Å². The Morgan fingerprint density at radius 1 is 1.24 bits per heavy atom. The molecular weight excluding hydrogens is 280 g/mol. The molecule has 0 atom stereocenters. The van der Waals surface area contributed by atoms with E-state index in [1.165, 1.54) is 16.9 Å². The van der Waals surface area contributed by atoms with E-state index in [1.807, 2.05) is 38.5 Å². The third-order valence-corrected chi connectivity index (χ3v) is 4.13. The summed E-state index contributed by atoms with van der Waals surface area (Å²) in [6.07, 6.45) is 3.05. The van der Waals surface area contributed by atoms with Crippen molar-refractivity contribution < 1.29 is 4.79 Å². The lowest BCUT2D eigenvalue weighted by atomic mass is 9.96. The number of hydrogen-bond acceptors (Lipinski definition) is 2. The molecule has 0 unspecified atom stereocenters. The molecule has 2 aromatic rings. The number of carbonyl (C=O) groups is 1. The predicted octanol–water partition coefficient (Wildman–Crippen LogP) is 3.88. The van der Waals surface area contributed by atoms with Crippen LogP contribution in [0.4, 0.5) is 0 Å². The van der Waals surface area contributed by atoms with Crippen LogP contribution in [0.2, 0.25) is 0 Å². The second-order valence-corrected chi connectivity index (χ2v) is 7.39. The summed E-state index contributed by atoms with van der Waals surface area (Å²) in [6.45, 7) is 9.83. The molecular formula is C17H22N2OS. The van der Waals surface area contributed by atoms with Crippen molar-refractivity contribution >= 4 is 17.2 Å². The van der Waals surface area contributed by atoms with E-state index in [0.717, 1.165) is 21.8 Å². The van der Waals surface area contributed by atoms with Gasteiger partial charge in [-0.05, 0) is 31.0 Å². The fraction of sp³-hybridized carbons (Fsp3) is 0.412. The predicted molar refractivity (Wildman–Crippen MR) is 87.8 cm³/mol. The second kappa shape index (κ2) is 5.98. The Kier molecular flexibility index (Phi) is 4.47. The summed E-state index contributed by atoms with van der Waals surface area (Å²) in [6, 6.07) is 8.38. The van der Waals surface area contributed by atoms with Crippen molar-refractivity contribution in [2.75, 3.05) is 0 Å². The molecule has 0 bridgehead atoms. The van der Waals surface area contributed by atoms with Gasteiger partial charge in [0.1, 0.15) is 0 Å². The third-order valence-electron chi connectivity index (χ3n) is 3.23. The van der Waals surface area contributed by atoms with Crippen molar-refractivity contribution in [3.63, 3.8) is 0 Å². The zero-order valence-corrected chi connectivity index (χ0v) is 14.1. The highest BCUT2D eigenvalue weighted by Crippen LogP contribution is 2.16. The van der Waals surface area contributed by atoms with Crippen LogP contribution in [-0.2, 0) is 11.2 Å². The van der Waals surface area contributed by atoms with E-state index >= 15 is 0 Å². The van der Waals surface area contributed by atoms with Gasteiger partial charge in [0.2, 0.25) is 0 Å². The lowest BCUT2D eigenvalue weighted by Gasteiger charge is -2.12. The molecule has 112 valence electrons. The molecule has 0 fully saturated rings. The van der Waals surface area contributed by atoms with Gasteiger partial charge in [-0.15, -0.1) is 11.3 Å². The maximum atomic E-state index is 12.2. The largest absolute Gasteiger partial charge is 0.292 e. The lowest BCUT2D eigenvalue weighted by Crippen LogP contribution is -2.22. The minimum atomic E-state index is -0.457. The van der Waals surface area contributed by atoms with Gasteiger partial charge in [-0.2, -0.15) is 4.99 Å². The highest BCUT2D eigenvalue weighted by Gasteiger charge is 2.20. The molecule has 0 saturated heterocycles. The summed E-state index contributed by atoms with van der Waals surface area (Å²) in [4.78, 5) is 18.3. The van der Waals surface area contributed by atoms with Crippen LogP contribution in [0.25, 0.3) is 5.69 Å². The molecule has 0 saturated carbocycles. The van der Waals surface area contributed by atoms with Crippen LogP contribution in [-0.4, -0.2) is 10.5 Å². The summed E-state index contributed by atoms with van der Waals surface area (Å²) in [5.74, 6) is -0.0942. The lowest BCUT2D eigenvalue weighted by molar-refractivity contribution is -0.125. The Labute approximate surface area is 130 Å². The number of thiazole rings is 1. The summed E-state index contributed by atoms with van der Waals surface area (Å²) in [7, 11) is 0. The van der Waals surface area contributed by atoms with Crippen LogP contribution in [0, 0.1) is 12.3 Å². The highest BCUT2D eigenvalue weighted by molar-refractivity contribution is 7.09. The van der Waals surface area contributed by atoms with Crippen molar-refractivity contribution in [3.8, 4) is 5.69 Å². The Morgan fingerprint density at radius 3 is 2.38 bits per heavy atom. The quantitative estimate of drug-likeness (QED) is 0.829. The average molecular weight is 302 g/mol. The molecule has 2 rings (SSSR count). The van der Waals surface area contributed by atoms with Gasteiger partial charge >= 0.3 is 0 Å². The van der Waals surface area contributed by atoms with Gasteiger partial charge in [0, 0.05) is 22.2 Å². The summed E-state index contributed by atoms with van der Waals surface area (Å²) < 4.78 is 1.99. The average Bonchev–Trinajstić information content (AvgIpc) is 2.78. The van der Waals surface area contributed by atoms with Gasteiger partial charge in [-0.25, -0.2) is 0 Å². The Morgan fingerprint density at radius 2 is 1.86 bits per heavy atom. The van der Waals surface area contributed by atoms with Crippen molar-refractivity contribution in [1.82, 2.24) is 4.57 Å². The molecule has 3 nitrogen and oxygen atoms in total. The number of benzene rings is 1. The zero-order chi connectivity index (χ0) is 15.6. The minimum absolute atomic E-state index is 0.0942. The van der Waals surface area contributed by atoms with E-state index in [1.54, 1.807) is 0 Å². The molecule has 0 aliphatic carbocycles. The molecule has 0 N–H and O–H groups in total. The Bertz CT molecular complexity index is 700. The fourth-order valence-electron chi connectivity index (χ4n) is 1.87. The highest BCUT2D eigenvalue weighted by atomic mass is 32.1. The van der Waals surface area contributed by atoms with Gasteiger partial charge < -0.3 is 0 Å². The SMILES string of the molecule is CCc1ccc(-n2cc(C)sc2=NC(=O)C(C)(C)C)cc1. The van der Waals surface area contributed by atoms with Crippen molar-refractivity contribution in [2.24, 2.45) is 10.4 Å². The van der Waals surface area contributed by atoms with Gasteiger partial charge in [-0.1, -0.05) is 39.8 Å². The Hall–Kier alpha value is -1.68. The smallest absolute Gasteiger partial charge is 0.253 e. The molecule has 1 amide bonds. The first-order valence-electron chi connectivity index (χ1n) is 7.19. The molecule has 1 aromatic carbocycles. The maximum Gasteiger partial charge on any atom is 0.253 e. The van der Waals surface area contributed by atoms with Gasteiger partial charge in [-0.3, -0.25) is 9.36 Å². The normalized spacial score (nSPS) is 12.7. The first kappa shape index (κ1) is 15.7. The van der Waals surface area contributed by atoms with Gasteiger partial charge in [0.05, 0.1) is 0 Å². The summed E-state index contributed by atoms with van der Waals surface area (Å²) in [5.41, 5.74) is 1.88. The van der Waals surface area contributed by atoms with Crippen LogP contribution in [0.1, 0.15) is 38.1 Å². The fourth-order valence-corrected chi connectivity index (χ4v) is 2.70. The summed E-state index contributed by atoms with van der Waals surface area (Å²) in [5, 5.41) is 0. The standard InChI is InChI=1S/C17H22N2OS/c1-6-13-7-9-14(10-8-13)19-11-12(2)21-16(19)18-15(20)17(3,4)5/h7-11H,6H2,1-5H3. The zero-order valence-electron chi connectivity index (χ0n) is 13.3. The number of nitrogens with zero attached hydrogens (tertiary/aromatic N) is 2. The maximum absolute atomic E-state index is 12.2. The second-order valence-electron chi connectivity index (χ2n) is 6.18. The van der Waals surface area contributed by atoms with Crippen LogP contribution in [0.3, 0.4) is 0 Å². The topological polar surface area (TPSA) is 34.4 Å². The number of carbonyl (C=O) groups excluding carboxylic acids is 1. The minimum Gasteiger partial charge on any atom is -0.292 e. The van der Waals surface area contributed by atoms with Crippen molar-refractivity contribution in [3.05, 3.63) is 45.7 Å². The molecule has 0 spiro atoms. The van der Waals surface area contributed by atoms with E-state index in [-0.39, 0.29) is 5.91 Å². The van der Waals surface area contributed by atoms with Crippen LogP contribution >= 0.6 is 11.3 Å². The van der Waals surface area contributed by atoms with Gasteiger partial charge in [0.25, 0.3) is 5.91 Å². The van der Waals surface area contributed by atoms with E-state index in [2.05, 4.69) is 36.2 Å². The van der Waals surface area contributed by atoms with Gasteiger partial charge in [0.15, 0.2) is 4.80 Å². The number of rotatable bonds is 2. The summed E-state index contributed by atoms with van der Waals surface area (Å²) >= 11 is 1.54. The van der Waals surface area contributed by atoms with Crippen molar-refractivity contribution in [1.29, 1.82) is 0 Å².